The zero-order valence-electron chi connectivity index (χ0n) is 21.2. The number of halogens is 4. The molecule has 0 amide bonds. The highest BCUT2D eigenvalue weighted by Gasteiger charge is 2.28. The van der Waals surface area contributed by atoms with Crippen molar-refractivity contribution in [2.75, 3.05) is 6.61 Å². The second kappa shape index (κ2) is 12.8. The Morgan fingerprint density at radius 3 is 1.87 bits per heavy atom. The molecule has 4 nitrogen and oxygen atoms in total. The molecule has 0 fully saturated rings. The molecule has 0 bridgehead atoms. The van der Waals surface area contributed by atoms with E-state index in [9.17, 15) is 22.1 Å². The van der Waals surface area contributed by atoms with Crippen molar-refractivity contribution in [2.24, 2.45) is 5.10 Å². The van der Waals surface area contributed by atoms with Gasteiger partial charge >= 0.3 is 18.9 Å². The summed E-state index contributed by atoms with van der Waals surface area (Å²) in [6.07, 6.45) is 0. The van der Waals surface area contributed by atoms with Crippen LogP contribution in [0.15, 0.2) is 102 Å². The topological polar surface area (TPSA) is 42.5 Å². The third-order valence-electron chi connectivity index (χ3n) is 5.42. The summed E-state index contributed by atoms with van der Waals surface area (Å²) in [5.41, 5.74) is 7.08. The Hall–Kier alpha value is -4.27. The fourth-order valence-corrected chi connectivity index (χ4v) is 3.66. The molecule has 0 aliphatic carbocycles. The van der Waals surface area contributed by atoms with Gasteiger partial charge in [-0.05, 0) is 48.7 Å². The molecule has 1 heterocycles. The van der Waals surface area contributed by atoms with Gasteiger partial charge in [-0.1, -0.05) is 78.4 Å². The predicted molar refractivity (Wildman–Crippen MR) is 142 cm³/mol. The van der Waals surface area contributed by atoms with Gasteiger partial charge in [0.15, 0.2) is 0 Å². The zero-order valence-corrected chi connectivity index (χ0v) is 21.2. The fourth-order valence-electron chi connectivity index (χ4n) is 3.66. The molecular weight excluding hydrogens is 495 g/mol. The van der Waals surface area contributed by atoms with E-state index in [1.54, 1.807) is 4.68 Å². The van der Waals surface area contributed by atoms with Gasteiger partial charge in [0.25, 0.3) is 0 Å². The number of hydrogen-bond donors (Lipinski definition) is 0. The number of hydrogen-bond acceptors (Lipinski definition) is 3. The van der Waals surface area contributed by atoms with Gasteiger partial charge in [-0.2, -0.15) is 0 Å². The third kappa shape index (κ3) is 8.13. The summed E-state index contributed by atoms with van der Waals surface area (Å²) in [4.78, 5) is 13.1. The second-order valence-corrected chi connectivity index (χ2v) is 8.33. The Bertz CT molecular complexity index is 1390. The lowest BCUT2D eigenvalue weighted by atomic mass is 10.0. The Balaban J connectivity index is 0.000000732. The summed E-state index contributed by atoms with van der Waals surface area (Å²) in [7, 11) is -6.00. The van der Waals surface area contributed by atoms with Crippen LogP contribution in [0.3, 0.4) is 0 Å². The van der Waals surface area contributed by atoms with E-state index in [1.165, 1.54) is 5.56 Å². The highest BCUT2D eigenvalue weighted by Crippen LogP contribution is 2.26. The Kier molecular flexibility index (Phi) is 9.54. The predicted octanol–water partition coefficient (Wildman–Crippen LogP) is 7.37. The van der Waals surface area contributed by atoms with Gasteiger partial charge in [0.1, 0.15) is 5.71 Å². The molecule has 9 heteroatoms. The molecule has 196 valence electrons. The molecular formula is C29H27BF4N2O2. The van der Waals surface area contributed by atoms with Crippen LogP contribution in [0.5, 0.6) is 0 Å². The summed E-state index contributed by atoms with van der Waals surface area (Å²) in [6, 6.07) is 32.1. The standard InChI is InChI=1S/C29H27N2O2.BF4/c1-4-33-29(32)28-20-26(24-11-7-5-8-12-24)19-27(25-13-9-6-10-14-25)31(28)30-22(3)23-17-15-21(2)16-18-23;2-1(3,4)5/h5-20H,4H2,1-3H3;/q+1;-1/b30-22+;. The first kappa shape index (κ1) is 28.3. The van der Waals surface area contributed by atoms with Gasteiger partial charge in [0, 0.05) is 28.4 Å². The number of carbonyl (C=O) groups excluding carboxylic acids is 1. The molecule has 0 unspecified atom stereocenters. The Morgan fingerprint density at radius 1 is 0.816 bits per heavy atom. The van der Waals surface area contributed by atoms with Crippen LogP contribution in [0.1, 0.15) is 35.5 Å². The number of aromatic nitrogens is 1. The van der Waals surface area contributed by atoms with E-state index in [4.69, 9.17) is 9.84 Å². The fraction of sp³-hybridized carbons (Fsp3) is 0.138. The van der Waals surface area contributed by atoms with Gasteiger partial charge in [-0.3, -0.25) is 0 Å². The quantitative estimate of drug-likeness (QED) is 0.0873. The maximum Gasteiger partial charge on any atom is 0.673 e. The number of esters is 1. The van der Waals surface area contributed by atoms with Crippen LogP contribution in [0.4, 0.5) is 17.3 Å². The molecule has 0 aliphatic heterocycles. The van der Waals surface area contributed by atoms with E-state index in [0.717, 1.165) is 33.7 Å². The molecule has 38 heavy (non-hydrogen) atoms. The molecule has 0 N–H and O–H groups in total. The van der Waals surface area contributed by atoms with Gasteiger partial charge in [0.05, 0.1) is 6.61 Å². The van der Waals surface area contributed by atoms with Crippen LogP contribution >= 0.6 is 0 Å². The van der Waals surface area contributed by atoms with Crippen LogP contribution in [-0.2, 0) is 4.74 Å². The van der Waals surface area contributed by atoms with Crippen molar-refractivity contribution in [2.45, 2.75) is 20.8 Å². The van der Waals surface area contributed by atoms with E-state index in [-0.39, 0.29) is 6.61 Å². The van der Waals surface area contributed by atoms with Crippen molar-refractivity contribution in [3.63, 3.8) is 0 Å². The molecule has 0 saturated carbocycles. The highest BCUT2D eigenvalue weighted by atomic mass is 19.5. The molecule has 3 aromatic carbocycles. The minimum atomic E-state index is -6.00. The number of rotatable bonds is 6. The van der Waals surface area contributed by atoms with Crippen LogP contribution in [-0.4, -0.2) is 25.5 Å². The number of pyridine rings is 1. The Labute approximate surface area is 219 Å². The largest absolute Gasteiger partial charge is 0.673 e. The number of ether oxygens (including phenoxy) is 1. The summed E-state index contributed by atoms with van der Waals surface area (Å²) < 4.78 is 46.1. The van der Waals surface area contributed by atoms with Crippen molar-refractivity contribution in [1.82, 2.24) is 0 Å². The highest BCUT2D eigenvalue weighted by molar-refractivity contribution is 6.50. The van der Waals surface area contributed by atoms with Gasteiger partial charge in [0.2, 0.25) is 5.69 Å². The maximum atomic E-state index is 13.1. The number of carbonyl (C=O) groups is 1. The van der Waals surface area contributed by atoms with Crippen molar-refractivity contribution in [1.29, 1.82) is 0 Å². The zero-order chi connectivity index (χ0) is 27.7. The monoisotopic (exact) mass is 522 g/mol. The van der Waals surface area contributed by atoms with Crippen molar-refractivity contribution in [3.8, 4) is 22.4 Å². The van der Waals surface area contributed by atoms with E-state index >= 15 is 0 Å². The molecule has 1 aromatic heterocycles. The summed E-state index contributed by atoms with van der Waals surface area (Å²) in [5, 5.41) is 4.91. The van der Waals surface area contributed by atoms with Crippen molar-refractivity contribution in [3.05, 3.63) is 114 Å². The first-order valence-corrected chi connectivity index (χ1v) is 11.9. The van der Waals surface area contributed by atoms with Crippen LogP contribution in [0, 0.1) is 6.92 Å². The minimum Gasteiger partial charge on any atom is -0.458 e. The number of benzene rings is 3. The lowest BCUT2D eigenvalue weighted by Crippen LogP contribution is -2.40. The molecule has 4 aromatic rings. The normalized spacial score (nSPS) is 11.4. The van der Waals surface area contributed by atoms with Crippen LogP contribution < -0.4 is 4.68 Å². The lowest BCUT2D eigenvalue weighted by Gasteiger charge is -2.09. The third-order valence-corrected chi connectivity index (χ3v) is 5.42. The average molecular weight is 522 g/mol. The average Bonchev–Trinajstić information content (AvgIpc) is 2.89. The van der Waals surface area contributed by atoms with Crippen LogP contribution in [0.2, 0.25) is 0 Å². The van der Waals surface area contributed by atoms with Crippen LogP contribution in [0.25, 0.3) is 22.4 Å². The SMILES string of the molecule is CCOC(=O)c1cc(-c2ccccc2)cc(-c2ccccc2)[n+]1/N=C(\C)c1ccc(C)cc1.F[B-](F)(F)F. The summed E-state index contributed by atoms with van der Waals surface area (Å²) in [5.74, 6) is -0.409. The molecule has 0 atom stereocenters. The Morgan fingerprint density at radius 2 is 1.34 bits per heavy atom. The molecule has 0 saturated heterocycles. The van der Waals surface area contributed by atoms with Crippen molar-refractivity contribution >= 4 is 18.9 Å². The smallest absolute Gasteiger partial charge is 0.458 e. The van der Waals surface area contributed by atoms with Gasteiger partial charge < -0.3 is 22.0 Å². The van der Waals surface area contributed by atoms with E-state index in [2.05, 4.69) is 25.1 Å². The van der Waals surface area contributed by atoms with E-state index < -0.39 is 13.2 Å². The number of nitrogens with zero attached hydrogens (tertiary/aromatic N) is 2. The minimum absolute atomic E-state index is 0.287. The van der Waals surface area contributed by atoms with Gasteiger partial charge in [-0.25, -0.2) is 4.79 Å². The second-order valence-electron chi connectivity index (χ2n) is 8.33. The maximum absolute atomic E-state index is 13.1. The first-order chi connectivity index (χ1) is 18.1. The van der Waals surface area contributed by atoms with Crippen molar-refractivity contribution < 1.29 is 31.5 Å². The molecule has 4 rings (SSSR count). The van der Waals surface area contributed by atoms with E-state index in [0.29, 0.717) is 5.69 Å². The number of aryl methyl sites for hydroxylation is 1. The first-order valence-electron chi connectivity index (χ1n) is 11.9. The summed E-state index contributed by atoms with van der Waals surface area (Å²) in [6.45, 7) is 6.10. The molecule has 0 radical (unpaired) electrons. The molecule has 0 spiro atoms. The van der Waals surface area contributed by atoms with E-state index in [1.807, 2.05) is 92.7 Å². The summed E-state index contributed by atoms with van der Waals surface area (Å²) >= 11 is 0. The lowest BCUT2D eigenvalue weighted by molar-refractivity contribution is -0.670. The molecule has 0 aliphatic rings. The van der Waals surface area contributed by atoms with Gasteiger partial charge in [-0.15, -0.1) is 0 Å².